The van der Waals surface area contributed by atoms with Crippen molar-refractivity contribution in [3.63, 3.8) is 0 Å². The summed E-state index contributed by atoms with van der Waals surface area (Å²) >= 11 is 0. The molecule has 3 heterocycles. The quantitative estimate of drug-likeness (QED) is 0.615. The van der Waals surface area contributed by atoms with Crippen LogP contribution in [0.4, 0.5) is 24.5 Å². The molecule has 2 aromatic heterocycles. The third kappa shape index (κ3) is 4.51. The number of para-hydroxylation sites is 1. The van der Waals surface area contributed by atoms with E-state index in [0.717, 1.165) is 37.0 Å². The number of carbonyl (C=O) groups excluding carboxylic acids is 1. The van der Waals surface area contributed by atoms with Gasteiger partial charge in [0.25, 0.3) is 5.91 Å². The Labute approximate surface area is 180 Å². The molecule has 8 nitrogen and oxygen atoms in total. The van der Waals surface area contributed by atoms with Crippen LogP contribution >= 0.6 is 0 Å². The molecule has 0 radical (unpaired) electrons. The van der Waals surface area contributed by atoms with Crippen LogP contribution in [0.3, 0.4) is 0 Å². The Hall–Kier alpha value is -3.63. The smallest absolute Gasteiger partial charge is 0.408 e. The van der Waals surface area contributed by atoms with Gasteiger partial charge in [0.05, 0.1) is 23.1 Å². The van der Waals surface area contributed by atoms with E-state index in [1.54, 1.807) is 12.1 Å². The molecular weight excluding hydrogens is 427 g/mol. The van der Waals surface area contributed by atoms with E-state index in [0.29, 0.717) is 5.69 Å². The fourth-order valence-electron chi connectivity index (χ4n) is 3.82. The molecule has 2 N–H and O–H groups in total. The summed E-state index contributed by atoms with van der Waals surface area (Å²) in [6, 6.07) is 7.39. The Morgan fingerprint density at radius 2 is 1.84 bits per heavy atom. The Balaban J connectivity index is 1.71. The Bertz CT molecular complexity index is 1170. The Morgan fingerprint density at radius 1 is 1.12 bits per heavy atom. The van der Waals surface area contributed by atoms with E-state index >= 15 is 0 Å². The zero-order valence-corrected chi connectivity index (χ0v) is 16.9. The number of piperidine rings is 1. The van der Waals surface area contributed by atoms with Crippen LogP contribution < -0.4 is 10.2 Å². The van der Waals surface area contributed by atoms with Gasteiger partial charge in [-0.3, -0.25) is 9.48 Å². The number of alkyl halides is 3. The fraction of sp³-hybridized carbons (Fsp3) is 0.333. The number of hydrogen-bond acceptors (Lipinski definition) is 5. The van der Waals surface area contributed by atoms with Crippen LogP contribution in [0.5, 0.6) is 0 Å². The molecule has 1 aromatic carbocycles. The molecular formula is C21H20F3N5O3. The van der Waals surface area contributed by atoms with Crippen LogP contribution in [0.25, 0.3) is 10.9 Å². The summed E-state index contributed by atoms with van der Waals surface area (Å²) in [5, 5.41) is 16.1. The number of fused-ring (bicyclic) bond motifs is 1. The number of hydrogen-bond donors (Lipinski definition) is 2. The first kappa shape index (κ1) is 21.6. The lowest BCUT2D eigenvalue weighted by Crippen LogP contribution is -2.31. The number of aromatic carboxylic acids is 1. The number of amides is 1. The zero-order chi connectivity index (χ0) is 22.9. The van der Waals surface area contributed by atoms with Crippen LogP contribution in [0.1, 0.15) is 40.2 Å². The number of benzene rings is 1. The van der Waals surface area contributed by atoms with E-state index in [1.807, 2.05) is 4.90 Å². The minimum atomic E-state index is -4.51. The molecule has 0 saturated carbocycles. The van der Waals surface area contributed by atoms with Gasteiger partial charge in [0, 0.05) is 18.5 Å². The predicted octanol–water partition coefficient (Wildman–Crippen LogP) is 3.93. The molecule has 168 valence electrons. The summed E-state index contributed by atoms with van der Waals surface area (Å²) in [4.78, 5) is 30.4. The van der Waals surface area contributed by atoms with Gasteiger partial charge in [0.1, 0.15) is 12.2 Å². The molecule has 0 spiro atoms. The van der Waals surface area contributed by atoms with E-state index in [1.165, 1.54) is 24.4 Å². The monoisotopic (exact) mass is 447 g/mol. The third-order valence-electron chi connectivity index (χ3n) is 5.25. The van der Waals surface area contributed by atoms with E-state index < -0.39 is 24.6 Å². The van der Waals surface area contributed by atoms with E-state index in [-0.39, 0.29) is 28.0 Å². The molecule has 1 aliphatic heterocycles. The van der Waals surface area contributed by atoms with E-state index in [2.05, 4.69) is 15.4 Å². The van der Waals surface area contributed by atoms with Crippen molar-refractivity contribution in [2.75, 3.05) is 23.3 Å². The maximum absolute atomic E-state index is 13.1. The van der Waals surface area contributed by atoms with Gasteiger partial charge >= 0.3 is 12.1 Å². The number of carbonyl (C=O) groups is 2. The molecule has 0 bridgehead atoms. The largest absolute Gasteiger partial charge is 0.477 e. The predicted molar refractivity (Wildman–Crippen MR) is 111 cm³/mol. The van der Waals surface area contributed by atoms with E-state index in [4.69, 9.17) is 0 Å². The number of pyridine rings is 1. The second-order valence-corrected chi connectivity index (χ2v) is 7.53. The van der Waals surface area contributed by atoms with Crippen molar-refractivity contribution in [1.82, 2.24) is 14.8 Å². The number of rotatable bonds is 5. The van der Waals surface area contributed by atoms with Crippen molar-refractivity contribution in [3.05, 3.63) is 47.9 Å². The van der Waals surface area contributed by atoms with Crippen molar-refractivity contribution in [2.45, 2.75) is 32.0 Å². The molecule has 0 aliphatic carbocycles. The first-order valence-corrected chi connectivity index (χ1v) is 10.0. The highest BCUT2D eigenvalue weighted by Gasteiger charge is 2.31. The SMILES string of the molecule is O=C(O)c1cc(NC(=O)c2nn(CC(F)(F)F)c3ccccc23)c(N2CCCCC2)cn1. The summed E-state index contributed by atoms with van der Waals surface area (Å²) < 4.78 is 39.7. The minimum absolute atomic E-state index is 0.173. The van der Waals surface area contributed by atoms with Crippen LogP contribution in [0, 0.1) is 0 Å². The maximum Gasteiger partial charge on any atom is 0.408 e. The molecule has 4 rings (SSSR count). The van der Waals surface area contributed by atoms with Crippen LogP contribution in [-0.2, 0) is 6.54 Å². The average molecular weight is 447 g/mol. The summed E-state index contributed by atoms with van der Waals surface area (Å²) in [5.74, 6) is -1.99. The number of nitrogens with one attached hydrogen (secondary N) is 1. The Kier molecular flexibility index (Phi) is 5.72. The van der Waals surface area contributed by atoms with Crippen molar-refractivity contribution in [3.8, 4) is 0 Å². The van der Waals surface area contributed by atoms with Crippen LogP contribution in [0.2, 0.25) is 0 Å². The van der Waals surface area contributed by atoms with Gasteiger partial charge in [-0.05, 0) is 31.4 Å². The summed E-state index contributed by atoms with van der Waals surface area (Å²) in [7, 11) is 0. The van der Waals surface area contributed by atoms with Gasteiger partial charge < -0.3 is 15.3 Å². The van der Waals surface area contributed by atoms with Crippen molar-refractivity contribution >= 4 is 34.2 Å². The topological polar surface area (TPSA) is 100 Å². The lowest BCUT2D eigenvalue weighted by atomic mass is 10.1. The van der Waals surface area contributed by atoms with Crippen LogP contribution in [0.15, 0.2) is 36.5 Å². The first-order chi connectivity index (χ1) is 15.2. The second-order valence-electron chi connectivity index (χ2n) is 7.53. The highest BCUT2D eigenvalue weighted by molar-refractivity contribution is 6.12. The maximum atomic E-state index is 13.1. The third-order valence-corrected chi connectivity index (χ3v) is 5.25. The number of anilines is 2. The molecule has 1 saturated heterocycles. The van der Waals surface area contributed by atoms with Gasteiger partial charge in [0.2, 0.25) is 0 Å². The summed E-state index contributed by atoms with van der Waals surface area (Å²) in [6.45, 7) is 0.110. The molecule has 0 unspecified atom stereocenters. The highest BCUT2D eigenvalue weighted by Crippen LogP contribution is 2.30. The van der Waals surface area contributed by atoms with Crippen molar-refractivity contribution in [1.29, 1.82) is 0 Å². The average Bonchev–Trinajstić information content (AvgIpc) is 3.11. The molecule has 11 heteroatoms. The number of carboxylic acids is 1. The molecule has 32 heavy (non-hydrogen) atoms. The standard InChI is InChI=1S/C21H20F3N5O3/c22-21(23,24)12-29-16-7-3-2-6-13(16)18(27-29)19(30)26-14-10-15(20(31)32)25-11-17(14)28-8-4-1-5-9-28/h2-3,6-7,10-11H,1,4-5,8-9,12H2,(H,31,32)(H,25,26,30). The number of aromatic nitrogens is 3. The van der Waals surface area contributed by atoms with Gasteiger partial charge in [0.15, 0.2) is 5.69 Å². The Morgan fingerprint density at radius 3 is 2.53 bits per heavy atom. The van der Waals surface area contributed by atoms with Gasteiger partial charge in [-0.25, -0.2) is 9.78 Å². The van der Waals surface area contributed by atoms with Gasteiger partial charge in [-0.1, -0.05) is 18.2 Å². The lowest BCUT2D eigenvalue weighted by Gasteiger charge is -2.30. The van der Waals surface area contributed by atoms with Crippen molar-refractivity contribution in [2.24, 2.45) is 0 Å². The normalized spacial score (nSPS) is 14.5. The number of nitrogens with zero attached hydrogens (tertiary/aromatic N) is 4. The first-order valence-electron chi connectivity index (χ1n) is 10.0. The number of halogens is 3. The highest BCUT2D eigenvalue weighted by atomic mass is 19.4. The second kappa shape index (κ2) is 8.48. The minimum Gasteiger partial charge on any atom is -0.477 e. The summed E-state index contributed by atoms with van der Waals surface area (Å²) in [6.07, 6.45) is -0.154. The lowest BCUT2D eigenvalue weighted by molar-refractivity contribution is -0.141. The molecule has 1 aliphatic rings. The van der Waals surface area contributed by atoms with E-state index in [9.17, 15) is 27.9 Å². The molecule has 1 amide bonds. The molecule has 0 atom stereocenters. The van der Waals surface area contributed by atoms with Gasteiger partial charge in [-0.2, -0.15) is 18.3 Å². The summed E-state index contributed by atoms with van der Waals surface area (Å²) in [5.41, 5.74) is 0.518. The van der Waals surface area contributed by atoms with Crippen LogP contribution in [-0.4, -0.2) is 51.0 Å². The zero-order valence-electron chi connectivity index (χ0n) is 16.9. The molecule has 3 aromatic rings. The van der Waals surface area contributed by atoms with Crippen molar-refractivity contribution < 1.29 is 27.9 Å². The fourth-order valence-corrected chi connectivity index (χ4v) is 3.82. The van der Waals surface area contributed by atoms with Gasteiger partial charge in [-0.15, -0.1) is 0 Å². The number of carboxylic acid groups (broad SMARTS) is 1. The molecule has 1 fully saturated rings.